The number of aryl methyl sites for hydroxylation is 1. The van der Waals surface area contributed by atoms with Gasteiger partial charge < -0.3 is 14.6 Å². The maximum absolute atomic E-state index is 12.4. The number of nitrogens with one attached hydrogen (secondary N) is 1. The van der Waals surface area contributed by atoms with Gasteiger partial charge in [-0.1, -0.05) is 6.07 Å². The van der Waals surface area contributed by atoms with Crippen LogP contribution >= 0.6 is 0 Å². The SMILES string of the molecule is O=C1C[C@H](C(=O)NCCCn2ccccc2=O)C2(CCCC2)O1. The molecule has 23 heavy (non-hydrogen) atoms. The van der Waals surface area contributed by atoms with Gasteiger partial charge in [-0.05, 0) is 38.2 Å². The minimum Gasteiger partial charge on any atom is -0.458 e. The van der Waals surface area contributed by atoms with Crippen LogP contribution in [0.3, 0.4) is 0 Å². The zero-order valence-electron chi connectivity index (χ0n) is 13.1. The van der Waals surface area contributed by atoms with E-state index in [9.17, 15) is 14.4 Å². The van der Waals surface area contributed by atoms with Gasteiger partial charge in [0.2, 0.25) is 11.5 Å². The number of carbonyl (C=O) groups is 2. The monoisotopic (exact) mass is 318 g/mol. The second-order valence-electron chi connectivity index (χ2n) is 6.38. The molecular formula is C17H22N2O4. The number of ether oxygens (including phenoxy) is 1. The van der Waals surface area contributed by atoms with Gasteiger partial charge in [-0.25, -0.2) is 0 Å². The molecule has 6 heteroatoms. The van der Waals surface area contributed by atoms with Gasteiger partial charge in [0.05, 0.1) is 12.3 Å². The minimum atomic E-state index is -0.558. The molecule has 1 aliphatic heterocycles. The summed E-state index contributed by atoms with van der Waals surface area (Å²) in [6.45, 7) is 1.05. The quantitative estimate of drug-likeness (QED) is 0.654. The number of rotatable bonds is 5. The molecule has 0 unspecified atom stereocenters. The van der Waals surface area contributed by atoms with Crippen molar-refractivity contribution in [3.63, 3.8) is 0 Å². The topological polar surface area (TPSA) is 77.4 Å². The van der Waals surface area contributed by atoms with Crippen LogP contribution in [0.25, 0.3) is 0 Å². The van der Waals surface area contributed by atoms with Crippen LogP contribution in [0.5, 0.6) is 0 Å². The Morgan fingerprint density at radius 3 is 2.83 bits per heavy atom. The summed E-state index contributed by atoms with van der Waals surface area (Å²) in [6.07, 6.45) is 6.18. The van der Waals surface area contributed by atoms with Crippen LogP contribution in [0, 0.1) is 5.92 Å². The molecule has 6 nitrogen and oxygen atoms in total. The molecule has 0 radical (unpaired) electrons. The minimum absolute atomic E-state index is 0.0430. The summed E-state index contributed by atoms with van der Waals surface area (Å²) in [4.78, 5) is 35.6. The normalized spacial score (nSPS) is 22.3. The second-order valence-corrected chi connectivity index (χ2v) is 6.38. The third-order valence-electron chi connectivity index (χ3n) is 4.86. The molecule has 0 aromatic carbocycles. The van der Waals surface area contributed by atoms with E-state index < -0.39 is 5.60 Å². The van der Waals surface area contributed by atoms with Crippen LogP contribution in [-0.2, 0) is 20.9 Å². The van der Waals surface area contributed by atoms with Crippen molar-refractivity contribution in [1.82, 2.24) is 9.88 Å². The predicted octanol–water partition coefficient (Wildman–Crippen LogP) is 1.23. The molecule has 1 amide bonds. The van der Waals surface area contributed by atoms with Gasteiger partial charge in [-0.15, -0.1) is 0 Å². The zero-order valence-corrected chi connectivity index (χ0v) is 13.1. The fraction of sp³-hybridized carbons (Fsp3) is 0.588. The summed E-state index contributed by atoms with van der Waals surface area (Å²) < 4.78 is 7.11. The Balaban J connectivity index is 1.50. The second kappa shape index (κ2) is 6.56. The third kappa shape index (κ3) is 3.30. The molecule has 1 aromatic rings. The van der Waals surface area contributed by atoms with E-state index in [-0.39, 0.29) is 29.8 Å². The van der Waals surface area contributed by atoms with Gasteiger partial charge in [0.15, 0.2) is 0 Å². The lowest BCUT2D eigenvalue weighted by molar-refractivity contribution is -0.149. The maximum Gasteiger partial charge on any atom is 0.307 e. The van der Waals surface area contributed by atoms with Gasteiger partial charge in [0.25, 0.3) is 0 Å². The van der Waals surface area contributed by atoms with E-state index in [0.29, 0.717) is 19.5 Å². The van der Waals surface area contributed by atoms with E-state index in [2.05, 4.69) is 5.32 Å². The highest BCUT2D eigenvalue weighted by Gasteiger charge is 2.53. The average Bonchev–Trinajstić information content (AvgIpc) is 3.12. The van der Waals surface area contributed by atoms with E-state index in [1.165, 1.54) is 6.07 Å². The van der Waals surface area contributed by atoms with Crippen molar-refractivity contribution in [2.24, 2.45) is 5.92 Å². The summed E-state index contributed by atoms with van der Waals surface area (Å²) in [7, 11) is 0. The zero-order chi connectivity index (χ0) is 16.3. The molecule has 1 saturated carbocycles. The number of pyridine rings is 1. The molecule has 3 rings (SSSR count). The smallest absolute Gasteiger partial charge is 0.307 e. The summed E-state index contributed by atoms with van der Waals surface area (Å²) in [5.41, 5.74) is -0.601. The molecule has 1 aliphatic carbocycles. The highest BCUT2D eigenvalue weighted by atomic mass is 16.6. The number of amides is 1. The van der Waals surface area contributed by atoms with Gasteiger partial charge >= 0.3 is 5.97 Å². The fourth-order valence-corrected chi connectivity index (χ4v) is 3.68. The van der Waals surface area contributed by atoms with Crippen LogP contribution in [0.2, 0.25) is 0 Å². The Morgan fingerprint density at radius 1 is 1.30 bits per heavy atom. The van der Waals surface area contributed by atoms with Crippen molar-refractivity contribution >= 4 is 11.9 Å². The first-order valence-corrected chi connectivity index (χ1v) is 8.26. The molecule has 1 atom stereocenters. The lowest BCUT2D eigenvalue weighted by Crippen LogP contribution is -2.43. The highest BCUT2D eigenvalue weighted by molar-refractivity contribution is 5.87. The van der Waals surface area contributed by atoms with Gasteiger partial charge in [-0.3, -0.25) is 14.4 Å². The maximum atomic E-state index is 12.4. The lowest BCUT2D eigenvalue weighted by Gasteiger charge is -2.27. The first-order valence-electron chi connectivity index (χ1n) is 8.26. The van der Waals surface area contributed by atoms with Crippen LogP contribution < -0.4 is 10.9 Å². The molecule has 124 valence electrons. The van der Waals surface area contributed by atoms with Gasteiger partial charge in [0, 0.05) is 25.4 Å². The van der Waals surface area contributed by atoms with Crippen molar-refractivity contribution in [3.8, 4) is 0 Å². The molecule has 2 fully saturated rings. The number of nitrogens with zero attached hydrogens (tertiary/aromatic N) is 1. The lowest BCUT2D eigenvalue weighted by atomic mass is 9.85. The van der Waals surface area contributed by atoms with E-state index >= 15 is 0 Å². The number of carbonyl (C=O) groups excluding carboxylic acids is 2. The number of aromatic nitrogens is 1. The highest BCUT2D eigenvalue weighted by Crippen LogP contribution is 2.45. The molecule has 1 N–H and O–H groups in total. The Hall–Kier alpha value is -2.11. The molecule has 2 heterocycles. The standard InChI is InChI=1S/C17H22N2O4/c20-14-6-1-4-10-19(14)11-5-9-18-16(22)13-12-15(21)23-17(13)7-2-3-8-17/h1,4,6,10,13H,2-3,5,7-9,11-12H2,(H,18,22)/t13-/m1/s1. The van der Waals surface area contributed by atoms with Crippen molar-refractivity contribution in [3.05, 3.63) is 34.7 Å². The van der Waals surface area contributed by atoms with Crippen molar-refractivity contribution < 1.29 is 14.3 Å². The summed E-state index contributed by atoms with van der Waals surface area (Å²) >= 11 is 0. The molecule has 1 saturated heterocycles. The third-order valence-corrected chi connectivity index (χ3v) is 4.86. The van der Waals surface area contributed by atoms with Crippen LogP contribution in [0.1, 0.15) is 38.5 Å². The number of esters is 1. The van der Waals surface area contributed by atoms with Crippen LogP contribution in [0.4, 0.5) is 0 Å². The van der Waals surface area contributed by atoms with E-state index in [1.807, 2.05) is 6.07 Å². The van der Waals surface area contributed by atoms with Gasteiger partial charge in [-0.2, -0.15) is 0 Å². The van der Waals surface area contributed by atoms with Crippen molar-refractivity contribution in [2.75, 3.05) is 6.54 Å². The first-order chi connectivity index (χ1) is 11.1. The van der Waals surface area contributed by atoms with Gasteiger partial charge in [0.1, 0.15) is 5.60 Å². The van der Waals surface area contributed by atoms with Crippen molar-refractivity contribution in [2.45, 2.75) is 50.7 Å². The Bertz CT molecular complexity index is 646. The largest absolute Gasteiger partial charge is 0.458 e. The first kappa shape index (κ1) is 15.8. The average molecular weight is 318 g/mol. The summed E-state index contributed by atoms with van der Waals surface area (Å²) in [6, 6.07) is 5.04. The Kier molecular flexibility index (Phi) is 4.50. The Labute approximate surface area is 134 Å². The molecule has 1 spiro atoms. The van der Waals surface area contributed by atoms with Crippen LogP contribution in [0.15, 0.2) is 29.2 Å². The molecule has 0 bridgehead atoms. The van der Waals surface area contributed by atoms with E-state index in [4.69, 9.17) is 4.74 Å². The van der Waals surface area contributed by atoms with E-state index in [0.717, 1.165) is 25.7 Å². The Morgan fingerprint density at radius 2 is 2.09 bits per heavy atom. The predicted molar refractivity (Wildman–Crippen MR) is 83.7 cm³/mol. The number of hydrogen-bond donors (Lipinski definition) is 1. The molecule has 1 aromatic heterocycles. The molecular weight excluding hydrogens is 296 g/mol. The fourth-order valence-electron chi connectivity index (χ4n) is 3.68. The number of hydrogen-bond acceptors (Lipinski definition) is 4. The summed E-state index contributed by atoms with van der Waals surface area (Å²) in [5, 5.41) is 2.90. The summed E-state index contributed by atoms with van der Waals surface area (Å²) in [5.74, 6) is -0.724. The molecule has 2 aliphatic rings. The van der Waals surface area contributed by atoms with E-state index in [1.54, 1.807) is 16.8 Å². The van der Waals surface area contributed by atoms with Crippen molar-refractivity contribution in [1.29, 1.82) is 0 Å². The van der Waals surface area contributed by atoms with Crippen LogP contribution in [-0.4, -0.2) is 28.6 Å².